The summed E-state index contributed by atoms with van der Waals surface area (Å²) in [7, 11) is 1.67. The summed E-state index contributed by atoms with van der Waals surface area (Å²) in [5, 5.41) is 5.91. The number of carbonyl (C=O) groups is 1. The number of nitrogens with zero attached hydrogens (tertiary/aromatic N) is 3. The largest absolute Gasteiger partial charge is 0.497 e. The highest BCUT2D eigenvalue weighted by Crippen LogP contribution is 2.28. The SMILES string of the molecule is C=CC(=O)N1CCCC(n2cc3ccc(-c4ccc(OC)cc4)cc3n2)C1. The van der Waals surface area contributed by atoms with E-state index in [4.69, 9.17) is 9.84 Å². The quantitative estimate of drug-likeness (QED) is 0.659. The van der Waals surface area contributed by atoms with Crippen molar-refractivity contribution in [1.82, 2.24) is 14.7 Å². The Morgan fingerprint density at radius 1 is 1.22 bits per heavy atom. The number of rotatable bonds is 4. The molecule has 27 heavy (non-hydrogen) atoms. The predicted octanol–water partition coefficient (Wildman–Crippen LogP) is 4.06. The molecular formula is C22H23N3O2. The van der Waals surface area contributed by atoms with Gasteiger partial charge in [0.2, 0.25) is 5.91 Å². The molecule has 3 aromatic rings. The van der Waals surface area contributed by atoms with E-state index in [9.17, 15) is 4.79 Å². The molecule has 0 radical (unpaired) electrons. The fourth-order valence-corrected chi connectivity index (χ4v) is 3.69. The van der Waals surface area contributed by atoms with E-state index >= 15 is 0 Å². The van der Waals surface area contributed by atoms with E-state index in [1.165, 1.54) is 6.08 Å². The average molecular weight is 361 g/mol. The minimum Gasteiger partial charge on any atom is -0.497 e. The number of methoxy groups -OCH3 is 1. The normalized spacial score (nSPS) is 17.1. The molecule has 0 bridgehead atoms. The molecule has 1 aliphatic rings. The van der Waals surface area contributed by atoms with Crippen LogP contribution in [-0.4, -0.2) is 40.8 Å². The summed E-state index contributed by atoms with van der Waals surface area (Å²) >= 11 is 0. The highest BCUT2D eigenvalue weighted by Gasteiger charge is 2.24. The Balaban J connectivity index is 1.60. The molecule has 0 N–H and O–H groups in total. The van der Waals surface area contributed by atoms with Gasteiger partial charge in [0, 0.05) is 24.7 Å². The Kier molecular flexibility index (Phi) is 4.67. The number of aromatic nitrogens is 2. The first-order chi connectivity index (χ1) is 13.2. The number of likely N-dealkylation sites (tertiary alicyclic amines) is 1. The zero-order valence-corrected chi connectivity index (χ0v) is 15.5. The molecule has 1 saturated heterocycles. The lowest BCUT2D eigenvalue weighted by Crippen LogP contribution is -2.39. The Morgan fingerprint density at radius 3 is 2.74 bits per heavy atom. The van der Waals surface area contributed by atoms with Crippen LogP contribution in [0.25, 0.3) is 22.0 Å². The smallest absolute Gasteiger partial charge is 0.246 e. The van der Waals surface area contributed by atoms with Crippen LogP contribution in [0.2, 0.25) is 0 Å². The Hall–Kier alpha value is -3.08. The maximum atomic E-state index is 11.9. The lowest BCUT2D eigenvalue weighted by molar-refractivity contribution is -0.127. The van der Waals surface area contributed by atoms with Crippen LogP contribution in [0.4, 0.5) is 0 Å². The van der Waals surface area contributed by atoms with Crippen molar-refractivity contribution in [3.63, 3.8) is 0 Å². The second-order valence-electron chi connectivity index (χ2n) is 6.90. The van der Waals surface area contributed by atoms with Crippen LogP contribution < -0.4 is 4.74 Å². The molecule has 1 fully saturated rings. The summed E-state index contributed by atoms with van der Waals surface area (Å²) in [5.74, 6) is 0.846. The molecule has 5 nitrogen and oxygen atoms in total. The molecular weight excluding hydrogens is 338 g/mol. The van der Waals surface area contributed by atoms with Crippen LogP contribution in [0.1, 0.15) is 18.9 Å². The van der Waals surface area contributed by atoms with E-state index in [1.807, 2.05) is 21.7 Å². The number of piperidine rings is 1. The van der Waals surface area contributed by atoms with Crippen molar-refractivity contribution in [2.24, 2.45) is 0 Å². The van der Waals surface area contributed by atoms with Gasteiger partial charge in [-0.25, -0.2) is 0 Å². The Morgan fingerprint density at radius 2 is 2.00 bits per heavy atom. The third-order valence-electron chi connectivity index (χ3n) is 5.21. The molecule has 5 heteroatoms. The molecule has 4 rings (SSSR count). The number of carbonyl (C=O) groups excluding carboxylic acids is 1. The van der Waals surface area contributed by atoms with Crippen molar-refractivity contribution in [3.05, 3.63) is 61.3 Å². The topological polar surface area (TPSA) is 47.4 Å². The molecule has 1 atom stereocenters. The summed E-state index contributed by atoms with van der Waals surface area (Å²) in [4.78, 5) is 13.8. The summed E-state index contributed by atoms with van der Waals surface area (Å²) in [6, 6.07) is 14.6. The van der Waals surface area contributed by atoms with E-state index in [0.717, 1.165) is 47.2 Å². The van der Waals surface area contributed by atoms with Gasteiger partial charge in [0.05, 0.1) is 18.7 Å². The first-order valence-electron chi connectivity index (χ1n) is 9.22. The van der Waals surface area contributed by atoms with Gasteiger partial charge in [-0.15, -0.1) is 0 Å². The molecule has 0 saturated carbocycles. The van der Waals surface area contributed by atoms with Gasteiger partial charge < -0.3 is 9.64 Å². The molecule has 1 aliphatic heterocycles. The number of benzene rings is 2. The fraction of sp³-hybridized carbons (Fsp3) is 0.273. The molecule has 0 spiro atoms. The molecule has 2 heterocycles. The van der Waals surface area contributed by atoms with Crippen molar-refractivity contribution in [2.45, 2.75) is 18.9 Å². The van der Waals surface area contributed by atoms with Crippen LogP contribution in [0, 0.1) is 0 Å². The van der Waals surface area contributed by atoms with Crippen molar-refractivity contribution < 1.29 is 9.53 Å². The zero-order chi connectivity index (χ0) is 18.8. The molecule has 1 unspecified atom stereocenters. The highest BCUT2D eigenvalue weighted by molar-refractivity contribution is 5.87. The summed E-state index contributed by atoms with van der Waals surface area (Å²) in [5.41, 5.74) is 3.23. The maximum Gasteiger partial charge on any atom is 0.246 e. The van der Waals surface area contributed by atoms with Crippen molar-refractivity contribution in [2.75, 3.05) is 20.2 Å². The predicted molar refractivity (Wildman–Crippen MR) is 107 cm³/mol. The van der Waals surface area contributed by atoms with E-state index in [2.05, 4.69) is 43.1 Å². The Labute approximate surface area is 158 Å². The minimum absolute atomic E-state index is 0.00166. The fourth-order valence-electron chi connectivity index (χ4n) is 3.69. The van der Waals surface area contributed by atoms with Crippen LogP contribution in [-0.2, 0) is 4.79 Å². The zero-order valence-electron chi connectivity index (χ0n) is 15.5. The molecule has 1 aromatic heterocycles. The third-order valence-corrected chi connectivity index (χ3v) is 5.21. The van der Waals surface area contributed by atoms with Crippen LogP contribution in [0.3, 0.4) is 0 Å². The minimum atomic E-state index is -0.00166. The number of fused-ring (bicyclic) bond motifs is 1. The second-order valence-corrected chi connectivity index (χ2v) is 6.90. The van der Waals surface area contributed by atoms with E-state index < -0.39 is 0 Å². The summed E-state index contributed by atoms with van der Waals surface area (Å²) in [6.45, 7) is 5.08. The van der Waals surface area contributed by atoms with Crippen LogP contribution >= 0.6 is 0 Å². The number of ether oxygens (including phenoxy) is 1. The van der Waals surface area contributed by atoms with Gasteiger partial charge in [-0.2, -0.15) is 5.10 Å². The van der Waals surface area contributed by atoms with Crippen molar-refractivity contribution in [3.8, 4) is 16.9 Å². The average Bonchev–Trinajstić information content (AvgIpc) is 3.16. The first kappa shape index (κ1) is 17.3. The molecule has 1 amide bonds. The maximum absolute atomic E-state index is 11.9. The molecule has 2 aromatic carbocycles. The first-order valence-corrected chi connectivity index (χ1v) is 9.22. The second kappa shape index (κ2) is 7.27. The monoisotopic (exact) mass is 361 g/mol. The lowest BCUT2D eigenvalue weighted by atomic mass is 10.0. The third kappa shape index (κ3) is 3.45. The summed E-state index contributed by atoms with van der Waals surface area (Å²) in [6.07, 6.45) is 5.49. The van der Waals surface area contributed by atoms with Crippen LogP contribution in [0.5, 0.6) is 5.75 Å². The number of hydrogen-bond acceptors (Lipinski definition) is 3. The van der Waals surface area contributed by atoms with Crippen molar-refractivity contribution >= 4 is 16.8 Å². The lowest BCUT2D eigenvalue weighted by Gasteiger charge is -2.32. The van der Waals surface area contributed by atoms with Gasteiger partial charge in [-0.1, -0.05) is 30.8 Å². The van der Waals surface area contributed by atoms with Gasteiger partial charge in [-0.3, -0.25) is 9.48 Å². The molecule has 138 valence electrons. The standard InChI is InChI=1S/C22H23N3O2/c1-3-22(26)24-12-4-5-19(15-24)25-14-18-7-6-17(13-21(18)23-25)16-8-10-20(27-2)11-9-16/h3,6-11,13-14,19H,1,4-5,12,15H2,2H3. The number of hydrogen-bond donors (Lipinski definition) is 0. The summed E-state index contributed by atoms with van der Waals surface area (Å²) < 4.78 is 7.25. The van der Waals surface area contributed by atoms with Gasteiger partial charge >= 0.3 is 0 Å². The van der Waals surface area contributed by atoms with Crippen molar-refractivity contribution in [1.29, 1.82) is 0 Å². The van der Waals surface area contributed by atoms with E-state index in [0.29, 0.717) is 6.54 Å². The van der Waals surface area contributed by atoms with E-state index in [1.54, 1.807) is 7.11 Å². The van der Waals surface area contributed by atoms with Gasteiger partial charge in [-0.05, 0) is 48.2 Å². The van der Waals surface area contributed by atoms with Gasteiger partial charge in [0.25, 0.3) is 0 Å². The molecule has 0 aliphatic carbocycles. The van der Waals surface area contributed by atoms with Gasteiger partial charge in [0.15, 0.2) is 0 Å². The highest BCUT2D eigenvalue weighted by atomic mass is 16.5. The van der Waals surface area contributed by atoms with Crippen LogP contribution in [0.15, 0.2) is 61.3 Å². The number of amides is 1. The van der Waals surface area contributed by atoms with Gasteiger partial charge in [0.1, 0.15) is 5.75 Å². The van der Waals surface area contributed by atoms with E-state index in [-0.39, 0.29) is 11.9 Å². The Bertz CT molecular complexity index is 975.